The molecular formula is C13H19N3O. The number of amides is 1. The fourth-order valence-corrected chi connectivity index (χ4v) is 1.42. The van der Waals surface area contributed by atoms with Gasteiger partial charge < -0.3 is 10.3 Å². The lowest BCUT2D eigenvalue weighted by atomic mass is 9.85. The Hall–Kier alpha value is -1.76. The number of nitriles is 1. The Bertz CT molecular complexity index is 424. The summed E-state index contributed by atoms with van der Waals surface area (Å²) in [5.74, 6) is -0.233. The maximum atomic E-state index is 11.8. The van der Waals surface area contributed by atoms with Gasteiger partial charge in [-0.05, 0) is 25.5 Å². The van der Waals surface area contributed by atoms with Crippen molar-refractivity contribution < 1.29 is 4.79 Å². The zero-order valence-electron chi connectivity index (χ0n) is 10.8. The van der Waals surface area contributed by atoms with Crippen LogP contribution in [-0.2, 0) is 10.2 Å². The third-order valence-electron chi connectivity index (χ3n) is 2.92. The van der Waals surface area contributed by atoms with Crippen molar-refractivity contribution in [3.05, 3.63) is 24.0 Å². The summed E-state index contributed by atoms with van der Waals surface area (Å²) in [6.07, 6.45) is 3.78. The molecule has 0 fully saturated rings. The summed E-state index contributed by atoms with van der Waals surface area (Å²) >= 11 is 0. The van der Waals surface area contributed by atoms with Crippen LogP contribution in [0.25, 0.3) is 0 Å². The Labute approximate surface area is 102 Å². The SMILES string of the molecule is CC(C)(C#N)C(=O)NCC(C)(C)c1cc[nH]c1. The van der Waals surface area contributed by atoms with E-state index in [9.17, 15) is 4.79 Å². The lowest BCUT2D eigenvalue weighted by Gasteiger charge is -2.26. The number of nitrogens with zero attached hydrogens (tertiary/aromatic N) is 1. The summed E-state index contributed by atoms with van der Waals surface area (Å²) in [5.41, 5.74) is 0.00246. The molecule has 0 saturated carbocycles. The van der Waals surface area contributed by atoms with Crippen LogP contribution in [0.3, 0.4) is 0 Å². The molecule has 0 atom stereocenters. The summed E-state index contributed by atoms with van der Waals surface area (Å²) in [6.45, 7) is 7.84. The van der Waals surface area contributed by atoms with Gasteiger partial charge in [-0.15, -0.1) is 0 Å². The number of aromatic nitrogens is 1. The number of nitrogens with one attached hydrogen (secondary N) is 2. The number of carbonyl (C=O) groups is 1. The molecule has 4 heteroatoms. The Morgan fingerprint density at radius 3 is 2.59 bits per heavy atom. The van der Waals surface area contributed by atoms with E-state index in [1.807, 2.05) is 24.5 Å². The number of aromatic amines is 1. The highest BCUT2D eigenvalue weighted by atomic mass is 16.2. The van der Waals surface area contributed by atoms with Gasteiger partial charge in [-0.2, -0.15) is 5.26 Å². The van der Waals surface area contributed by atoms with E-state index in [-0.39, 0.29) is 11.3 Å². The Morgan fingerprint density at radius 1 is 1.47 bits per heavy atom. The van der Waals surface area contributed by atoms with Crippen molar-refractivity contribution >= 4 is 5.91 Å². The smallest absolute Gasteiger partial charge is 0.239 e. The lowest BCUT2D eigenvalue weighted by molar-refractivity contribution is -0.127. The molecule has 1 heterocycles. The number of rotatable bonds is 4. The third-order valence-corrected chi connectivity index (χ3v) is 2.92. The van der Waals surface area contributed by atoms with E-state index in [4.69, 9.17) is 5.26 Å². The Kier molecular flexibility index (Phi) is 3.62. The Balaban J connectivity index is 2.64. The summed E-state index contributed by atoms with van der Waals surface area (Å²) in [6, 6.07) is 3.98. The first-order valence-corrected chi connectivity index (χ1v) is 5.62. The summed E-state index contributed by atoms with van der Waals surface area (Å²) in [5, 5.41) is 11.7. The van der Waals surface area contributed by atoms with Crippen LogP contribution in [0.1, 0.15) is 33.3 Å². The average Bonchev–Trinajstić information content (AvgIpc) is 2.80. The predicted molar refractivity (Wildman–Crippen MR) is 66.2 cm³/mol. The monoisotopic (exact) mass is 233 g/mol. The van der Waals surface area contributed by atoms with E-state index < -0.39 is 5.41 Å². The molecule has 0 unspecified atom stereocenters. The van der Waals surface area contributed by atoms with E-state index in [0.29, 0.717) is 6.54 Å². The van der Waals surface area contributed by atoms with Gasteiger partial charge in [0.05, 0.1) is 6.07 Å². The van der Waals surface area contributed by atoms with E-state index in [2.05, 4.69) is 24.1 Å². The van der Waals surface area contributed by atoms with Gasteiger partial charge in [-0.25, -0.2) is 0 Å². The zero-order valence-corrected chi connectivity index (χ0v) is 10.8. The minimum atomic E-state index is -0.978. The molecular weight excluding hydrogens is 214 g/mol. The largest absolute Gasteiger partial charge is 0.367 e. The van der Waals surface area contributed by atoms with Gasteiger partial charge in [0.1, 0.15) is 5.41 Å². The topological polar surface area (TPSA) is 68.7 Å². The number of hydrogen-bond acceptors (Lipinski definition) is 2. The first kappa shape index (κ1) is 13.3. The van der Waals surface area contributed by atoms with Gasteiger partial charge in [0.15, 0.2) is 0 Å². The van der Waals surface area contributed by atoms with Crippen LogP contribution in [-0.4, -0.2) is 17.4 Å². The Morgan fingerprint density at radius 2 is 2.12 bits per heavy atom. The molecule has 92 valence electrons. The molecule has 0 spiro atoms. The van der Waals surface area contributed by atoms with Crippen molar-refractivity contribution in [1.82, 2.24) is 10.3 Å². The van der Waals surface area contributed by atoms with Crippen LogP contribution in [0.5, 0.6) is 0 Å². The summed E-state index contributed by atoms with van der Waals surface area (Å²) < 4.78 is 0. The summed E-state index contributed by atoms with van der Waals surface area (Å²) in [7, 11) is 0. The second-order valence-corrected chi connectivity index (χ2v) is 5.40. The predicted octanol–water partition coefficient (Wildman–Crippen LogP) is 1.96. The van der Waals surface area contributed by atoms with Crippen LogP contribution < -0.4 is 5.32 Å². The highest BCUT2D eigenvalue weighted by molar-refractivity contribution is 5.84. The molecule has 1 rings (SSSR count). The van der Waals surface area contributed by atoms with E-state index in [0.717, 1.165) is 5.56 Å². The first-order valence-electron chi connectivity index (χ1n) is 5.62. The van der Waals surface area contributed by atoms with Crippen molar-refractivity contribution in [2.24, 2.45) is 5.41 Å². The van der Waals surface area contributed by atoms with Crippen molar-refractivity contribution in [2.75, 3.05) is 6.54 Å². The number of carbonyl (C=O) groups excluding carboxylic acids is 1. The molecule has 2 N–H and O–H groups in total. The van der Waals surface area contributed by atoms with Gasteiger partial charge in [-0.1, -0.05) is 13.8 Å². The fraction of sp³-hybridized carbons (Fsp3) is 0.538. The molecule has 1 aromatic rings. The van der Waals surface area contributed by atoms with Crippen molar-refractivity contribution in [3.63, 3.8) is 0 Å². The highest BCUT2D eigenvalue weighted by Crippen LogP contribution is 2.22. The zero-order chi connectivity index (χ0) is 13.1. The highest BCUT2D eigenvalue weighted by Gasteiger charge is 2.29. The van der Waals surface area contributed by atoms with Crippen LogP contribution in [0.15, 0.2) is 18.5 Å². The maximum absolute atomic E-state index is 11.8. The van der Waals surface area contributed by atoms with E-state index in [1.54, 1.807) is 13.8 Å². The van der Waals surface area contributed by atoms with E-state index in [1.165, 1.54) is 0 Å². The molecule has 0 aromatic carbocycles. The van der Waals surface area contributed by atoms with Gasteiger partial charge >= 0.3 is 0 Å². The molecule has 0 aliphatic rings. The molecule has 0 saturated heterocycles. The van der Waals surface area contributed by atoms with Crippen LogP contribution >= 0.6 is 0 Å². The van der Waals surface area contributed by atoms with Crippen LogP contribution in [0, 0.1) is 16.7 Å². The number of hydrogen-bond donors (Lipinski definition) is 2. The molecule has 0 aliphatic heterocycles. The maximum Gasteiger partial charge on any atom is 0.239 e. The number of H-pyrrole nitrogens is 1. The van der Waals surface area contributed by atoms with Crippen molar-refractivity contribution in [2.45, 2.75) is 33.1 Å². The molecule has 0 radical (unpaired) electrons. The van der Waals surface area contributed by atoms with Crippen LogP contribution in [0.2, 0.25) is 0 Å². The molecule has 1 aromatic heterocycles. The van der Waals surface area contributed by atoms with Gasteiger partial charge in [-0.3, -0.25) is 4.79 Å². The van der Waals surface area contributed by atoms with Crippen molar-refractivity contribution in [3.8, 4) is 6.07 Å². The van der Waals surface area contributed by atoms with Crippen LogP contribution in [0.4, 0.5) is 0 Å². The summed E-state index contributed by atoms with van der Waals surface area (Å²) in [4.78, 5) is 14.8. The average molecular weight is 233 g/mol. The third kappa shape index (κ3) is 3.10. The second kappa shape index (κ2) is 4.62. The van der Waals surface area contributed by atoms with Gasteiger partial charge in [0.2, 0.25) is 5.91 Å². The fourth-order valence-electron chi connectivity index (χ4n) is 1.42. The molecule has 1 amide bonds. The lowest BCUT2D eigenvalue weighted by Crippen LogP contribution is -2.42. The normalized spacial score (nSPS) is 11.9. The quantitative estimate of drug-likeness (QED) is 0.834. The van der Waals surface area contributed by atoms with Crippen molar-refractivity contribution in [1.29, 1.82) is 5.26 Å². The van der Waals surface area contributed by atoms with E-state index >= 15 is 0 Å². The molecule has 0 bridgehead atoms. The van der Waals surface area contributed by atoms with Gasteiger partial charge in [0.25, 0.3) is 0 Å². The molecule has 17 heavy (non-hydrogen) atoms. The van der Waals surface area contributed by atoms with Gasteiger partial charge in [0, 0.05) is 24.4 Å². The molecule has 4 nitrogen and oxygen atoms in total. The first-order chi connectivity index (χ1) is 7.79. The minimum Gasteiger partial charge on any atom is -0.367 e. The minimum absolute atomic E-state index is 0.152. The molecule has 0 aliphatic carbocycles. The second-order valence-electron chi connectivity index (χ2n) is 5.40. The standard InChI is InChI=1S/C13H19N3O/c1-12(2,8-14)11(17)16-9-13(3,4)10-5-6-15-7-10/h5-7,15H,9H2,1-4H3,(H,16,17).